The zero-order chi connectivity index (χ0) is 15.2. The van der Waals surface area contributed by atoms with Crippen LogP contribution in [-0.2, 0) is 13.6 Å². The summed E-state index contributed by atoms with van der Waals surface area (Å²) >= 11 is 0. The van der Waals surface area contributed by atoms with Gasteiger partial charge in [-0.1, -0.05) is 0 Å². The van der Waals surface area contributed by atoms with E-state index in [9.17, 15) is 4.79 Å². The second kappa shape index (κ2) is 6.99. The van der Waals surface area contributed by atoms with Crippen LogP contribution in [-0.4, -0.2) is 43.8 Å². The van der Waals surface area contributed by atoms with Crippen LogP contribution in [0.15, 0.2) is 30.7 Å². The van der Waals surface area contributed by atoms with Crippen LogP contribution in [0.5, 0.6) is 0 Å². The fraction of sp³-hybridized carbons (Fsp3) is 0.400. The van der Waals surface area contributed by atoms with Crippen molar-refractivity contribution in [2.24, 2.45) is 7.05 Å². The SMILES string of the molecule is Cc1c(C(=O)N(CCCO)Cc2ccncc2)cnn1C. The quantitative estimate of drug-likeness (QED) is 0.865. The Morgan fingerprint density at radius 2 is 2.10 bits per heavy atom. The van der Waals surface area contributed by atoms with E-state index >= 15 is 0 Å². The van der Waals surface area contributed by atoms with E-state index in [-0.39, 0.29) is 12.5 Å². The van der Waals surface area contributed by atoms with E-state index < -0.39 is 0 Å². The minimum Gasteiger partial charge on any atom is -0.396 e. The van der Waals surface area contributed by atoms with Crippen LogP contribution in [0.3, 0.4) is 0 Å². The lowest BCUT2D eigenvalue weighted by Gasteiger charge is -2.22. The molecule has 2 aromatic rings. The van der Waals surface area contributed by atoms with Gasteiger partial charge in [0.1, 0.15) is 0 Å². The minimum absolute atomic E-state index is 0.0617. The minimum atomic E-state index is -0.0640. The molecule has 0 atom stereocenters. The molecule has 0 aliphatic heterocycles. The molecule has 2 rings (SSSR count). The van der Waals surface area contributed by atoms with Crippen molar-refractivity contribution in [2.75, 3.05) is 13.2 Å². The third-order valence-electron chi connectivity index (χ3n) is 3.46. The van der Waals surface area contributed by atoms with E-state index in [1.807, 2.05) is 26.1 Å². The number of aromatic nitrogens is 3. The molecule has 0 spiro atoms. The number of carbonyl (C=O) groups excluding carboxylic acids is 1. The topological polar surface area (TPSA) is 71.2 Å². The number of nitrogens with zero attached hydrogens (tertiary/aromatic N) is 4. The first-order chi connectivity index (χ1) is 10.1. The summed E-state index contributed by atoms with van der Waals surface area (Å²) in [5.74, 6) is -0.0640. The van der Waals surface area contributed by atoms with Gasteiger partial charge in [0.2, 0.25) is 0 Å². The van der Waals surface area contributed by atoms with E-state index in [2.05, 4.69) is 10.1 Å². The number of carbonyl (C=O) groups is 1. The Bertz CT molecular complexity index is 595. The first kappa shape index (κ1) is 15.2. The summed E-state index contributed by atoms with van der Waals surface area (Å²) in [4.78, 5) is 18.4. The normalized spacial score (nSPS) is 10.6. The lowest BCUT2D eigenvalue weighted by Crippen LogP contribution is -2.32. The van der Waals surface area contributed by atoms with Crippen LogP contribution in [0.4, 0.5) is 0 Å². The average Bonchev–Trinajstić information content (AvgIpc) is 2.84. The van der Waals surface area contributed by atoms with Crippen molar-refractivity contribution in [1.82, 2.24) is 19.7 Å². The monoisotopic (exact) mass is 288 g/mol. The van der Waals surface area contributed by atoms with Gasteiger partial charge in [-0.15, -0.1) is 0 Å². The highest BCUT2D eigenvalue weighted by molar-refractivity contribution is 5.95. The highest BCUT2D eigenvalue weighted by Gasteiger charge is 2.20. The van der Waals surface area contributed by atoms with Crippen LogP contribution >= 0.6 is 0 Å². The average molecular weight is 288 g/mol. The van der Waals surface area contributed by atoms with Crippen molar-refractivity contribution >= 4 is 5.91 Å². The highest BCUT2D eigenvalue weighted by Crippen LogP contribution is 2.13. The molecule has 2 aromatic heterocycles. The number of amides is 1. The predicted molar refractivity (Wildman–Crippen MR) is 78.6 cm³/mol. The molecule has 0 aliphatic rings. The van der Waals surface area contributed by atoms with Crippen LogP contribution in [0.1, 0.15) is 28.0 Å². The molecule has 0 saturated carbocycles. The number of aliphatic hydroxyl groups is 1. The van der Waals surface area contributed by atoms with Crippen molar-refractivity contribution in [2.45, 2.75) is 19.9 Å². The van der Waals surface area contributed by atoms with E-state index in [0.717, 1.165) is 11.3 Å². The highest BCUT2D eigenvalue weighted by atomic mass is 16.3. The molecular formula is C15H20N4O2. The number of hydrogen-bond donors (Lipinski definition) is 1. The summed E-state index contributed by atoms with van der Waals surface area (Å²) in [6.07, 6.45) is 5.56. The molecule has 6 heteroatoms. The molecule has 0 radical (unpaired) electrons. The zero-order valence-corrected chi connectivity index (χ0v) is 12.4. The predicted octanol–water partition coefficient (Wildman–Crippen LogP) is 1.15. The Morgan fingerprint density at radius 1 is 1.38 bits per heavy atom. The zero-order valence-electron chi connectivity index (χ0n) is 12.4. The van der Waals surface area contributed by atoms with Gasteiger partial charge in [0.05, 0.1) is 11.8 Å². The number of aryl methyl sites for hydroxylation is 1. The third kappa shape index (κ3) is 3.66. The van der Waals surface area contributed by atoms with Crippen molar-refractivity contribution < 1.29 is 9.90 Å². The fourth-order valence-corrected chi connectivity index (χ4v) is 2.10. The number of aliphatic hydroxyl groups excluding tert-OH is 1. The molecular weight excluding hydrogens is 268 g/mol. The molecule has 0 fully saturated rings. The molecule has 112 valence electrons. The molecule has 6 nitrogen and oxygen atoms in total. The van der Waals surface area contributed by atoms with E-state index in [4.69, 9.17) is 5.11 Å². The lowest BCUT2D eigenvalue weighted by molar-refractivity contribution is 0.0731. The van der Waals surface area contributed by atoms with Gasteiger partial charge in [0.25, 0.3) is 5.91 Å². The van der Waals surface area contributed by atoms with Gasteiger partial charge >= 0.3 is 0 Å². The summed E-state index contributed by atoms with van der Waals surface area (Å²) in [6.45, 7) is 2.94. The summed E-state index contributed by atoms with van der Waals surface area (Å²) < 4.78 is 1.68. The fourth-order valence-electron chi connectivity index (χ4n) is 2.10. The third-order valence-corrected chi connectivity index (χ3v) is 3.46. The molecule has 1 amide bonds. The number of hydrogen-bond acceptors (Lipinski definition) is 4. The maximum Gasteiger partial charge on any atom is 0.257 e. The van der Waals surface area contributed by atoms with Crippen molar-refractivity contribution in [3.05, 3.63) is 47.5 Å². The largest absolute Gasteiger partial charge is 0.396 e. The van der Waals surface area contributed by atoms with Crippen LogP contribution < -0.4 is 0 Å². The molecule has 1 N–H and O–H groups in total. The Labute approximate surface area is 124 Å². The summed E-state index contributed by atoms with van der Waals surface area (Å²) in [7, 11) is 1.81. The van der Waals surface area contributed by atoms with Gasteiger partial charge < -0.3 is 10.0 Å². The van der Waals surface area contributed by atoms with Gasteiger partial charge in [-0.05, 0) is 31.0 Å². The number of rotatable bonds is 6. The van der Waals surface area contributed by atoms with E-state index in [1.54, 1.807) is 28.2 Å². The lowest BCUT2D eigenvalue weighted by atomic mass is 10.2. The summed E-state index contributed by atoms with van der Waals surface area (Å²) in [6, 6.07) is 3.77. The van der Waals surface area contributed by atoms with E-state index in [1.165, 1.54) is 0 Å². The Kier molecular flexibility index (Phi) is 5.05. The van der Waals surface area contributed by atoms with Crippen LogP contribution in [0.2, 0.25) is 0 Å². The molecule has 0 bridgehead atoms. The number of pyridine rings is 1. The maximum absolute atomic E-state index is 12.7. The van der Waals surface area contributed by atoms with Crippen molar-refractivity contribution in [1.29, 1.82) is 0 Å². The Morgan fingerprint density at radius 3 is 2.67 bits per heavy atom. The van der Waals surface area contributed by atoms with Gasteiger partial charge in [0.15, 0.2) is 0 Å². The van der Waals surface area contributed by atoms with E-state index in [0.29, 0.717) is 25.1 Å². The van der Waals surface area contributed by atoms with Crippen LogP contribution in [0.25, 0.3) is 0 Å². The van der Waals surface area contributed by atoms with Gasteiger partial charge in [0, 0.05) is 44.8 Å². The summed E-state index contributed by atoms with van der Waals surface area (Å²) in [5, 5.41) is 13.1. The molecule has 0 unspecified atom stereocenters. The molecule has 21 heavy (non-hydrogen) atoms. The van der Waals surface area contributed by atoms with Gasteiger partial charge in [-0.25, -0.2) is 0 Å². The van der Waals surface area contributed by atoms with Gasteiger partial charge in [-0.2, -0.15) is 5.10 Å². The maximum atomic E-state index is 12.7. The van der Waals surface area contributed by atoms with Crippen LogP contribution in [0, 0.1) is 6.92 Å². The standard InChI is InChI=1S/C15H20N4O2/c1-12-14(10-17-18(12)2)15(21)19(8-3-9-20)11-13-4-6-16-7-5-13/h4-7,10,20H,3,8-9,11H2,1-2H3. The second-order valence-corrected chi connectivity index (χ2v) is 4.93. The van der Waals surface area contributed by atoms with Crippen molar-refractivity contribution in [3.63, 3.8) is 0 Å². The molecule has 0 saturated heterocycles. The smallest absolute Gasteiger partial charge is 0.257 e. The molecule has 0 aliphatic carbocycles. The molecule has 2 heterocycles. The Hall–Kier alpha value is -2.21. The van der Waals surface area contributed by atoms with Crippen molar-refractivity contribution in [3.8, 4) is 0 Å². The first-order valence-corrected chi connectivity index (χ1v) is 6.91. The first-order valence-electron chi connectivity index (χ1n) is 6.91. The summed E-state index contributed by atoms with van der Waals surface area (Å²) in [5.41, 5.74) is 2.45. The second-order valence-electron chi connectivity index (χ2n) is 4.93. The van der Waals surface area contributed by atoms with Gasteiger partial charge in [-0.3, -0.25) is 14.5 Å². The Balaban J connectivity index is 2.19. The molecule has 0 aromatic carbocycles.